The van der Waals surface area contributed by atoms with Crippen LogP contribution in [0.15, 0.2) is 47.8 Å². The predicted octanol–water partition coefficient (Wildman–Crippen LogP) is 4.83. The van der Waals surface area contributed by atoms with Crippen molar-refractivity contribution in [3.8, 4) is 0 Å². The van der Waals surface area contributed by atoms with Crippen LogP contribution >= 0.6 is 43.2 Å². The summed E-state index contributed by atoms with van der Waals surface area (Å²) in [5, 5.41) is 1.92. The largest absolute Gasteiger partial charge is 0.292 e. The molecule has 0 aliphatic carbocycles. The van der Waals surface area contributed by atoms with Crippen LogP contribution < -0.4 is 0 Å². The number of hydrogen-bond donors (Lipinski definition) is 0. The van der Waals surface area contributed by atoms with Gasteiger partial charge >= 0.3 is 0 Å². The molecule has 1 heterocycles. The van der Waals surface area contributed by atoms with E-state index >= 15 is 0 Å². The molecule has 1 aromatic heterocycles. The molecular weight excluding hydrogens is 364 g/mol. The summed E-state index contributed by atoms with van der Waals surface area (Å²) in [6.07, 6.45) is 0. The van der Waals surface area contributed by atoms with E-state index < -0.39 is 0 Å². The van der Waals surface area contributed by atoms with Gasteiger partial charge in [0.1, 0.15) is 0 Å². The van der Waals surface area contributed by atoms with Crippen LogP contribution in [0.5, 0.6) is 0 Å². The number of halogens is 2. The van der Waals surface area contributed by atoms with Gasteiger partial charge in [0.05, 0.1) is 14.5 Å². The molecule has 2 rings (SSSR count). The van der Waals surface area contributed by atoms with E-state index in [-0.39, 0.29) is 15.4 Å². The van der Waals surface area contributed by atoms with Crippen LogP contribution in [-0.2, 0) is 0 Å². The second kappa shape index (κ2) is 5.94. The Hall–Kier alpha value is -0.450. The van der Waals surface area contributed by atoms with Gasteiger partial charge in [-0.1, -0.05) is 68.3 Å². The van der Waals surface area contributed by atoms with Crippen molar-refractivity contribution in [1.82, 2.24) is 0 Å². The number of alkyl halides is 2. The van der Waals surface area contributed by atoms with E-state index in [2.05, 4.69) is 31.9 Å². The summed E-state index contributed by atoms with van der Waals surface area (Å²) >= 11 is 8.52. The van der Waals surface area contributed by atoms with Gasteiger partial charge in [0, 0.05) is 0 Å². The maximum atomic E-state index is 12.2. The van der Waals surface area contributed by atoms with Gasteiger partial charge in [0.25, 0.3) is 0 Å². The van der Waals surface area contributed by atoms with E-state index in [1.165, 1.54) is 11.3 Å². The zero-order valence-electron chi connectivity index (χ0n) is 8.85. The summed E-state index contributed by atoms with van der Waals surface area (Å²) < 4.78 is 0. The molecule has 4 heteroatoms. The molecule has 0 N–H and O–H groups in total. The van der Waals surface area contributed by atoms with Crippen LogP contribution in [-0.4, -0.2) is 10.6 Å². The number of benzene rings is 1. The predicted molar refractivity (Wildman–Crippen MR) is 79.5 cm³/mol. The van der Waals surface area contributed by atoms with Crippen LogP contribution in [0, 0.1) is 0 Å². The highest BCUT2D eigenvalue weighted by atomic mass is 79.9. The fourth-order valence-electron chi connectivity index (χ4n) is 1.49. The molecule has 0 saturated carbocycles. The Morgan fingerprint density at radius 2 is 1.76 bits per heavy atom. The molecule has 17 heavy (non-hydrogen) atoms. The minimum Gasteiger partial charge on any atom is -0.292 e. The first-order valence-corrected chi connectivity index (χ1v) is 7.82. The normalized spacial score (nSPS) is 14.2. The first kappa shape index (κ1) is 13.0. The molecule has 0 fully saturated rings. The topological polar surface area (TPSA) is 17.1 Å². The summed E-state index contributed by atoms with van der Waals surface area (Å²) in [7, 11) is 0. The highest BCUT2D eigenvalue weighted by Crippen LogP contribution is 2.33. The summed E-state index contributed by atoms with van der Waals surface area (Å²) in [4.78, 5) is 12.7. The third-order valence-electron chi connectivity index (χ3n) is 2.39. The van der Waals surface area contributed by atoms with E-state index in [4.69, 9.17) is 0 Å². The van der Waals surface area contributed by atoms with E-state index in [1.807, 2.05) is 47.8 Å². The summed E-state index contributed by atoms with van der Waals surface area (Å²) in [6.45, 7) is 0. The summed E-state index contributed by atoms with van der Waals surface area (Å²) in [5.41, 5.74) is 1.10. The molecule has 1 nitrogen and oxygen atoms in total. The smallest absolute Gasteiger partial charge is 0.187 e. The Morgan fingerprint density at radius 3 is 2.35 bits per heavy atom. The van der Waals surface area contributed by atoms with Gasteiger partial charge in [0.15, 0.2) is 5.78 Å². The van der Waals surface area contributed by atoms with E-state index in [0.717, 1.165) is 10.4 Å². The van der Waals surface area contributed by atoms with Gasteiger partial charge in [-0.25, -0.2) is 0 Å². The monoisotopic (exact) mass is 372 g/mol. The molecule has 0 spiro atoms. The van der Waals surface area contributed by atoms with E-state index in [1.54, 1.807) is 0 Å². The molecule has 0 aliphatic heterocycles. The third kappa shape index (κ3) is 3.06. The first-order chi connectivity index (χ1) is 8.20. The standard InChI is InChI=1S/C13H10Br2OS/c14-11(9-5-2-1-3-6-9)12(15)13(16)10-7-4-8-17-10/h1-8,11-12H. The minimum absolute atomic E-state index is 0.0155. The van der Waals surface area contributed by atoms with Gasteiger partial charge in [-0.2, -0.15) is 0 Å². The summed E-state index contributed by atoms with van der Waals surface area (Å²) in [6, 6.07) is 13.7. The number of Topliss-reactive ketones (excluding diaryl/α,β-unsaturated/α-hetero) is 1. The van der Waals surface area contributed by atoms with Crippen molar-refractivity contribution in [1.29, 1.82) is 0 Å². The lowest BCUT2D eigenvalue weighted by atomic mass is 10.1. The van der Waals surface area contributed by atoms with Crippen molar-refractivity contribution < 1.29 is 4.79 Å². The number of carbonyl (C=O) groups excluding carboxylic acids is 1. The maximum absolute atomic E-state index is 12.2. The Bertz CT molecular complexity index is 481. The molecule has 0 saturated heterocycles. The zero-order chi connectivity index (χ0) is 12.3. The number of rotatable bonds is 4. The van der Waals surface area contributed by atoms with Crippen molar-refractivity contribution in [3.05, 3.63) is 58.3 Å². The Labute approximate surface area is 121 Å². The van der Waals surface area contributed by atoms with Crippen molar-refractivity contribution in [2.45, 2.75) is 9.65 Å². The molecule has 2 aromatic rings. The van der Waals surface area contributed by atoms with Gasteiger partial charge < -0.3 is 0 Å². The number of hydrogen-bond acceptors (Lipinski definition) is 2. The fourth-order valence-corrected chi connectivity index (χ4v) is 3.45. The third-order valence-corrected chi connectivity index (χ3v) is 5.99. The molecular formula is C13H10Br2OS. The molecule has 0 radical (unpaired) electrons. The van der Waals surface area contributed by atoms with Crippen LogP contribution in [0.4, 0.5) is 0 Å². The van der Waals surface area contributed by atoms with Gasteiger partial charge in [-0.05, 0) is 17.0 Å². The molecule has 1 aromatic carbocycles. The van der Waals surface area contributed by atoms with Crippen LogP contribution in [0.2, 0.25) is 0 Å². The SMILES string of the molecule is O=C(c1cccs1)C(Br)C(Br)c1ccccc1. The van der Waals surface area contributed by atoms with Crippen molar-refractivity contribution >= 4 is 49.0 Å². The Morgan fingerprint density at radius 1 is 1.06 bits per heavy atom. The maximum Gasteiger partial charge on any atom is 0.187 e. The molecule has 0 bridgehead atoms. The fraction of sp³-hybridized carbons (Fsp3) is 0.154. The Kier molecular flexibility index (Phi) is 4.54. The second-order valence-electron chi connectivity index (χ2n) is 3.56. The van der Waals surface area contributed by atoms with Crippen LogP contribution in [0.3, 0.4) is 0 Å². The van der Waals surface area contributed by atoms with Gasteiger partial charge in [0.2, 0.25) is 0 Å². The lowest BCUT2D eigenvalue weighted by Crippen LogP contribution is -2.18. The highest BCUT2D eigenvalue weighted by molar-refractivity contribution is 9.12. The average Bonchev–Trinajstić information content (AvgIpc) is 2.91. The second-order valence-corrected chi connectivity index (χ2v) is 6.48. The summed E-state index contributed by atoms with van der Waals surface area (Å²) in [5.74, 6) is 0.116. The lowest BCUT2D eigenvalue weighted by molar-refractivity contribution is 0.0995. The average molecular weight is 374 g/mol. The number of carbonyl (C=O) groups is 1. The quantitative estimate of drug-likeness (QED) is 0.554. The first-order valence-electron chi connectivity index (χ1n) is 5.11. The number of ketones is 1. The zero-order valence-corrected chi connectivity index (χ0v) is 12.8. The number of thiophene rings is 1. The lowest BCUT2D eigenvalue weighted by Gasteiger charge is -2.15. The minimum atomic E-state index is -0.247. The Balaban J connectivity index is 2.15. The van der Waals surface area contributed by atoms with E-state index in [0.29, 0.717) is 0 Å². The molecule has 2 unspecified atom stereocenters. The molecule has 0 aliphatic rings. The highest BCUT2D eigenvalue weighted by Gasteiger charge is 2.26. The van der Waals surface area contributed by atoms with Crippen molar-refractivity contribution in [3.63, 3.8) is 0 Å². The van der Waals surface area contributed by atoms with Gasteiger partial charge in [-0.3, -0.25) is 4.79 Å². The van der Waals surface area contributed by atoms with E-state index in [9.17, 15) is 4.79 Å². The van der Waals surface area contributed by atoms with Crippen LogP contribution in [0.25, 0.3) is 0 Å². The molecule has 88 valence electrons. The van der Waals surface area contributed by atoms with Gasteiger partial charge in [-0.15, -0.1) is 11.3 Å². The van der Waals surface area contributed by atoms with Crippen LogP contribution in [0.1, 0.15) is 20.1 Å². The van der Waals surface area contributed by atoms with Crippen molar-refractivity contribution in [2.75, 3.05) is 0 Å². The molecule has 0 amide bonds. The van der Waals surface area contributed by atoms with Crippen molar-refractivity contribution in [2.24, 2.45) is 0 Å². The molecule has 2 atom stereocenters.